The highest BCUT2D eigenvalue weighted by molar-refractivity contribution is 5.84. The Morgan fingerprint density at radius 1 is 1.39 bits per heavy atom. The zero-order valence-electron chi connectivity index (χ0n) is 13.7. The van der Waals surface area contributed by atoms with Crippen LogP contribution in [0, 0.1) is 11.8 Å². The topological polar surface area (TPSA) is 45.5 Å². The standard InChI is InChI=1S/C19H24N2O2/c1-13(14-5-4-9-20-11-14)19(22)21-10-8-18-16(12-21)15-6-2-3-7-17(15)23-18/h2-3,6-7,13-14,20H,4-5,8-12H2,1H3. The van der Waals surface area contributed by atoms with E-state index in [1.54, 1.807) is 0 Å². The number of nitrogens with zero attached hydrogens (tertiary/aromatic N) is 1. The van der Waals surface area contributed by atoms with Crippen LogP contribution in [-0.4, -0.2) is 30.4 Å². The Hall–Kier alpha value is -1.81. The van der Waals surface area contributed by atoms with E-state index in [1.807, 2.05) is 23.1 Å². The highest BCUT2D eigenvalue weighted by atomic mass is 16.3. The molecule has 0 radical (unpaired) electrons. The highest BCUT2D eigenvalue weighted by Gasteiger charge is 2.32. The van der Waals surface area contributed by atoms with Gasteiger partial charge in [-0.3, -0.25) is 4.79 Å². The minimum absolute atomic E-state index is 0.0996. The van der Waals surface area contributed by atoms with E-state index >= 15 is 0 Å². The van der Waals surface area contributed by atoms with Gasteiger partial charge in [-0.25, -0.2) is 0 Å². The molecule has 122 valence electrons. The number of fused-ring (bicyclic) bond motifs is 3. The minimum atomic E-state index is 0.0996. The summed E-state index contributed by atoms with van der Waals surface area (Å²) in [4.78, 5) is 15.0. The summed E-state index contributed by atoms with van der Waals surface area (Å²) in [5, 5.41) is 4.58. The van der Waals surface area contributed by atoms with Crippen molar-refractivity contribution in [3.05, 3.63) is 35.6 Å². The lowest BCUT2D eigenvalue weighted by Crippen LogP contribution is -2.44. The van der Waals surface area contributed by atoms with Gasteiger partial charge in [0.2, 0.25) is 5.91 Å². The average Bonchev–Trinajstić information content (AvgIpc) is 2.99. The second kappa shape index (κ2) is 6.00. The molecule has 1 saturated heterocycles. The van der Waals surface area contributed by atoms with Crippen LogP contribution in [0.2, 0.25) is 0 Å². The third-order valence-corrected chi connectivity index (χ3v) is 5.48. The molecule has 0 bridgehead atoms. The van der Waals surface area contributed by atoms with Crippen molar-refractivity contribution in [3.8, 4) is 0 Å². The zero-order chi connectivity index (χ0) is 15.8. The molecule has 3 heterocycles. The molecule has 0 spiro atoms. The molecule has 4 heteroatoms. The van der Waals surface area contributed by atoms with Crippen LogP contribution in [-0.2, 0) is 17.8 Å². The molecular weight excluding hydrogens is 288 g/mol. The predicted octanol–water partition coefficient (Wildman–Crippen LogP) is 2.95. The molecule has 2 unspecified atom stereocenters. The fourth-order valence-electron chi connectivity index (χ4n) is 4.01. The van der Waals surface area contributed by atoms with E-state index in [0.29, 0.717) is 18.4 Å². The Morgan fingerprint density at radius 3 is 3.09 bits per heavy atom. The van der Waals surface area contributed by atoms with Gasteiger partial charge in [0.1, 0.15) is 11.3 Å². The van der Waals surface area contributed by atoms with Crippen LogP contribution in [0.3, 0.4) is 0 Å². The number of nitrogens with one attached hydrogen (secondary N) is 1. The zero-order valence-corrected chi connectivity index (χ0v) is 13.7. The molecule has 0 aliphatic carbocycles. The van der Waals surface area contributed by atoms with Crippen molar-refractivity contribution >= 4 is 16.9 Å². The van der Waals surface area contributed by atoms with Crippen LogP contribution in [0.4, 0.5) is 0 Å². The van der Waals surface area contributed by atoms with Gasteiger partial charge in [-0.1, -0.05) is 25.1 Å². The van der Waals surface area contributed by atoms with Crippen molar-refractivity contribution in [2.45, 2.75) is 32.7 Å². The Labute approximate surface area is 136 Å². The van der Waals surface area contributed by atoms with Gasteiger partial charge in [-0.05, 0) is 37.9 Å². The van der Waals surface area contributed by atoms with Gasteiger partial charge in [0, 0.05) is 36.4 Å². The highest BCUT2D eigenvalue weighted by Crippen LogP contribution is 2.32. The Balaban J connectivity index is 1.53. The quantitative estimate of drug-likeness (QED) is 0.927. The van der Waals surface area contributed by atoms with Gasteiger partial charge in [-0.2, -0.15) is 0 Å². The van der Waals surface area contributed by atoms with Gasteiger partial charge in [0.05, 0.1) is 0 Å². The lowest BCUT2D eigenvalue weighted by Gasteiger charge is -2.33. The summed E-state index contributed by atoms with van der Waals surface area (Å²) >= 11 is 0. The van der Waals surface area contributed by atoms with Gasteiger partial charge < -0.3 is 14.6 Å². The van der Waals surface area contributed by atoms with Gasteiger partial charge >= 0.3 is 0 Å². The van der Waals surface area contributed by atoms with Gasteiger partial charge in [-0.15, -0.1) is 0 Å². The third kappa shape index (κ3) is 2.65. The number of carbonyl (C=O) groups is 1. The molecule has 4 rings (SSSR count). The predicted molar refractivity (Wildman–Crippen MR) is 90.1 cm³/mol. The van der Waals surface area contributed by atoms with Crippen LogP contribution < -0.4 is 5.32 Å². The summed E-state index contributed by atoms with van der Waals surface area (Å²) in [5.41, 5.74) is 2.14. The van der Waals surface area contributed by atoms with Crippen LogP contribution in [0.1, 0.15) is 31.1 Å². The van der Waals surface area contributed by atoms with Crippen molar-refractivity contribution in [2.24, 2.45) is 11.8 Å². The van der Waals surface area contributed by atoms with E-state index < -0.39 is 0 Å². The number of hydrogen-bond acceptors (Lipinski definition) is 3. The molecule has 2 aromatic rings. The van der Waals surface area contributed by atoms with Crippen molar-refractivity contribution in [2.75, 3.05) is 19.6 Å². The minimum Gasteiger partial charge on any atom is -0.461 e. The SMILES string of the molecule is CC(C(=O)N1CCc2oc3ccccc3c2C1)C1CCCNC1. The second-order valence-electron chi connectivity index (χ2n) is 6.90. The van der Waals surface area contributed by atoms with Crippen LogP contribution in [0.5, 0.6) is 0 Å². The molecule has 1 aromatic heterocycles. The molecule has 1 fully saturated rings. The molecule has 2 aliphatic rings. The summed E-state index contributed by atoms with van der Waals surface area (Å²) in [7, 11) is 0. The smallest absolute Gasteiger partial charge is 0.226 e. The van der Waals surface area contributed by atoms with E-state index in [1.165, 1.54) is 12.0 Å². The van der Waals surface area contributed by atoms with Crippen LogP contribution in [0.25, 0.3) is 11.0 Å². The van der Waals surface area contributed by atoms with E-state index in [9.17, 15) is 4.79 Å². The molecule has 23 heavy (non-hydrogen) atoms. The first-order valence-corrected chi connectivity index (χ1v) is 8.73. The third-order valence-electron chi connectivity index (χ3n) is 5.48. The number of carbonyl (C=O) groups excluding carboxylic acids is 1. The summed E-state index contributed by atoms with van der Waals surface area (Å²) in [6.07, 6.45) is 3.16. The molecular formula is C19H24N2O2. The number of piperidine rings is 1. The first-order chi connectivity index (χ1) is 11.2. The van der Waals surface area contributed by atoms with Crippen molar-refractivity contribution in [1.82, 2.24) is 10.2 Å². The molecule has 1 aromatic carbocycles. The second-order valence-corrected chi connectivity index (χ2v) is 6.90. The lowest BCUT2D eigenvalue weighted by atomic mass is 9.86. The Bertz CT molecular complexity index is 715. The van der Waals surface area contributed by atoms with Gasteiger partial charge in [0.25, 0.3) is 0 Å². The molecule has 4 nitrogen and oxygen atoms in total. The molecule has 0 saturated carbocycles. The maximum Gasteiger partial charge on any atom is 0.226 e. The van der Waals surface area contributed by atoms with Crippen molar-refractivity contribution in [3.63, 3.8) is 0 Å². The van der Waals surface area contributed by atoms with Crippen molar-refractivity contribution < 1.29 is 9.21 Å². The molecule has 2 atom stereocenters. The van der Waals surface area contributed by atoms with E-state index in [4.69, 9.17) is 4.42 Å². The maximum atomic E-state index is 12.9. The van der Waals surface area contributed by atoms with E-state index in [2.05, 4.69) is 18.3 Å². The molecule has 1 N–H and O–H groups in total. The number of hydrogen-bond donors (Lipinski definition) is 1. The maximum absolute atomic E-state index is 12.9. The molecule has 2 aliphatic heterocycles. The monoisotopic (exact) mass is 312 g/mol. The average molecular weight is 312 g/mol. The summed E-state index contributed by atoms with van der Waals surface area (Å²) in [5.74, 6) is 1.93. The number of furan rings is 1. The summed E-state index contributed by atoms with van der Waals surface area (Å²) in [6.45, 7) is 5.63. The van der Waals surface area contributed by atoms with Crippen molar-refractivity contribution in [1.29, 1.82) is 0 Å². The van der Waals surface area contributed by atoms with Crippen LogP contribution >= 0.6 is 0 Å². The van der Waals surface area contributed by atoms with Crippen LogP contribution in [0.15, 0.2) is 28.7 Å². The summed E-state index contributed by atoms with van der Waals surface area (Å²) < 4.78 is 5.95. The lowest BCUT2D eigenvalue weighted by molar-refractivity contribution is -0.138. The number of benzene rings is 1. The normalized spacial score (nSPS) is 22.8. The largest absolute Gasteiger partial charge is 0.461 e. The number of para-hydroxylation sites is 1. The fourth-order valence-corrected chi connectivity index (χ4v) is 4.01. The Morgan fingerprint density at radius 2 is 2.26 bits per heavy atom. The summed E-state index contributed by atoms with van der Waals surface area (Å²) in [6, 6.07) is 8.14. The Kier molecular flexibility index (Phi) is 3.85. The molecule has 1 amide bonds. The number of rotatable bonds is 2. The fraction of sp³-hybridized carbons (Fsp3) is 0.526. The van der Waals surface area contributed by atoms with Gasteiger partial charge in [0.15, 0.2) is 0 Å². The first kappa shape index (κ1) is 14.8. The van der Waals surface area contributed by atoms with E-state index in [0.717, 1.165) is 49.2 Å². The first-order valence-electron chi connectivity index (χ1n) is 8.73. The van der Waals surface area contributed by atoms with E-state index in [-0.39, 0.29) is 5.92 Å². The number of amides is 1.